The van der Waals surface area contributed by atoms with Gasteiger partial charge in [-0.05, 0) is 54.3 Å². The fourth-order valence-corrected chi connectivity index (χ4v) is 2.48. The van der Waals surface area contributed by atoms with E-state index in [-0.39, 0.29) is 11.9 Å². The minimum atomic E-state index is -0.250. The van der Waals surface area contributed by atoms with Crippen LogP contribution >= 0.6 is 27.5 Å². The van der Waals surface area contributed by atoms with Crippen LogP contribution in [0.1, 0.15) is 22.7 Å². The van der Waals surface area contributed by atoms with E-state index in [0.29, 0.717) is 17.0 Å². The Kier molecular flexibility index (Phi) is 4.61. The standard InChI is InChI=1S/C15H14BrClFN/c1-9-6-10(2-4-13(9)17)15(19)8-11-7-12(16)3-5-14(11)18/h2-7,15H,8,19H2,1H3. The normalized spacial score (nSPS) is 12.5. The maximum atomic E-state index is 13.7. The molecule has 0 bridgehead atoms. The lowest BCUT2D eigenvalue weighted by Gasteiger charge is -2.14. The monoisotopic (exact) mass is 341 g/mol. The first-order valence-corrected chi connectivity index (χ1v) is 7.10. The summed E-state index contributed by atoms with van der Waals surface area (Å²) in [5, 5.41) is 0.713. The average molecular weight is 343 g/mol. The van der Waals surface area contributed by atoms with Crippen LogP contribution in [-0.4, -0.2) is 0 Å². The molecule has 0 aliphatic carbocycles. The van der Waals surface area contributed by atoms with Gasteiger partial charge in [-0.15, -0.1) is 0 Å². The Bertz CT molecular complexity index is 601. The Morgan fingerprint density at radius 3 is 2.68 bits per heavy atom. The van der Waals surface area contributed by atoms with E-state index in [2.05, 4.69) is 15.9 Å². The van der Waals surface area contributed by atoms with Gasteiger partial charge in [-0.2, -0.15) is 0 Å². The van der Waals surface area contributed by atoms with Crippen molar-refractivity contribution in [3.8, 4) is 0 Å². The van der Waals surface area contributed by atoms with E-state index in [1.165, 1.54) is 6.07 Å². The fourth-order valence-electron chi connectivity index (χ4n) is 1.95. The molecule has 2 aromatic carbocycles. The van der Waals surface area contributed by atoms with E-state index in [1.54, 1.807) is 12.1 Å². The molecule has 2 rings (SSSR count). The second-order valence-electron chi connectivity index (χ2n) is 4.55. The Morgan fingerprint density at radius 1 is 1.26 bits per heavy atom. The molecule has 0 spiro atoms. The molecule has 0 fully saturated rings. The summed E-state index contributed by atoms with van der Waals surface area (Å²) in [4.78, 5) is 0. The first-order chi connectivity index (χ1) is 8.97. The van der Waals surface area contributed by atoms with Gasteiger partial charge in [0.2, 0.25) is 0 Å². The summed E-state index contributed by atoms with van der Waals surface area (Å²) in [5.41, 5.74) is 8.68. The topological polar surface area (TPSA) is 26.0 Å². The molecule has 0 aliphatic rings. The Balaban J connectivity index is 2.22. The molecule has 0 radical (unpaired) electrons. The molecule has 0 amide bonds. The van der Waals surface area contributed by atoms with Gasteiger partial charge < -0.3 is 5.73 Å². The van der Waals surface area contributed by atoms with Crippen molar-refractivity contribution in [1.29, 1.82) is 0 Å². The summed E-state index contributed by atoms with van der Waals surface area (Å²) in [6.07, 6.45) is 0.451. The molecule has 2 N–H and O–H groups in total. The number of hydrogen-bond acceptors (Lipinski definition) is 1. The molecule has 1 nitrogen and oxygen atoms in total. The van der Waals surface area contributed by atoms with E-state index in [1.807, 2.05) is 25.1 Å². The van der Waals surface area contributed by atoms with Crippen LogP contribution in [0, 0.1) is 12.7 Å². The Hall–Kier alpha value is -0.900. The van der Waals surface area contributed by atoms with E-state index in [0.717, 1.165) is 15.6 Å². The number of halogens is 3. The molecule has 0 aromatic heterocycles. The van der Waals surface area contributed by atoms with E-state index >= 15 is 0 Å². The largest absolute Gasteiger partial charge is 0.324 e. The minimum Gasteiger partial charge on any atom is -0.324 e. The molecule has 0 saturated carbocycles. The van der Waals surface area contributed by atoms with Crippen molar-refractivity contribution >= 4 is 27.5 Å². The van der Waals surface area contributed by atoms with Crippen molar-refractivity contribution in [3.63, 3.8) is 0 Å². The number of aryl methyl sites for hydroxylation is 1. The minimum absolute atomic E-state index is 0.232. The van der Waals surface area contributed by atoms with Crippen LogP contribution in [0.25, 0.3) is 0 Å². The fraction of sp³-hybridized carbons (Fsp3) is 0.200. The van der Waals surface area contributed by atoms with E-state index in [9.17, 15) is 4.39 Å². The Labute approximate surface area is 125 Å². The molecule has 1 atom stereocenters. The van der Waals surface area contributed by atoms with Crippen molar-refractivity contribution in [2.75, 3.05) is 0 Å². The van der Waals surface area contributed by atoms with Gasteiger partial charge in [0, 0.05) is 15.5 Å². The van der Waals surface area contributed by atoms with E-state index < -0.39 is 0 Å². The van der Waals surface area contributed by atoms with E-state index in [4.69, 9.17) is 17.3 Å². The predicted molar refractivity (Wildman–Crippen MR) is 80.9 cm³/mol. The van der Waals surface area contributed by atoms with Crippen molar-refractivity contribution < 1.29 is 4.39 Å². The van der Waals surface area contributed by atoms with Crippen LogP contribution in [0.15, 0.2) is 40.9 Å². The van der Waals surface area contributed by atoms with Gasteiger partial charge in [0.25, 0.3) is 0 Å². The second kappa shape index (κ2) is 6.04. The third-order valence-electron chi connectivity index (χ3n) is 3.06. The number of hydrogen-bond donors (Lipinski definition) is 1. The number of nitrogens with two attached hydrogens (primary N) is 1. The molecule has 0 heterocycles. The smallest absolute Gasteiger partial charge is 0.126 e. The van der Waals surface area contributed by atoms with Gasteiger partial charge in [-0.25, -0.2) is 4.39 Å². The highest BCUT2D eigenvalue weighted by Crippen LogP contribution is 2.24. The zero-order valence-corrected chi connectivity index (χ0v) is 12.8. The zero-order valence-electron chi connectivity index (χ0n) is 10.5. The molecule has 4 heteroatoms. The van der Waals surface area contributed by atoms with Gasteiger partial charge >= 0.3 is 0 Å². The highest BCUT2D eigenvalue weighted by molar-refractivity contribution is 9.10. The van der Waals surface area contributed by atoms with Crippen molar-refractivity contribution in [1.82, 2.24) is 0 Å². The SMILES string of the molecule is Cc1cc(C(N)Cc2cc(Br)ccc2F)ccc1Cl. The zero-order chi connectivity index (χ0) is 14.0. The van der Waals surface area contributed by atoms with Crippen LogP contribution in [0.4, 0.5) is 4.39 Å². The highest BCUT2D eigenvalue weighted by atomic mass is 79.9. The van der Waals surface area contributed by atoms with Crippen molar-refractivity contribution in [3.05, 3.63) is 68.4 Å². The molecule has 2 aromatic rings. The Morgan fingerprint density at radius 2 is 2.00 bits per heavy atom. The second-order valence-corrected chi connectivity index (χ2v) is 5.88. The summed E-state index contributed by atoms with van der Waals surface area (Å²) < 4.78 is 14.5. The van der Waals surface area contributed by atoms with Gasteiger partial charge in [0.15, 0.2) is 0 Å². The van der Waals surface area contributed by atoms with Gasteiger partial charge in [0.1, 0.15) is 5.82 Å². The molecular weight excluding hydrogens is 329 g/mol. The lowest BCUT2D eigenvalue weighted by molar-refractivity contribution is 0.593. The van der Waals surface area contributed by atoms with Crippen molar-refractivity contribution in [2.24, 2.45) is 5.73 Å². The summed E-state index contributed by atoms with van der Waals surface area (Å²) in [6, 6.07) is 10.3. The van der Waals surface area contributed by atoms with Gasteiger partial charge in [-0.3, -0.25) is 0 Å². The average Bonchev–Trinajstić information content (AvgIpc) is 2.37. The van der Waals surface area contributed by atoms with Gasteiger partial charge in [-0.1, -0.05) is 39.7 Å². The maximum Gasteiger partial charge on any atom is 0.126 e. The van der Waals surface area contributed by atoms with Crippen LogP contribution in [-0.2, 0) is 6.42 Å². The highest BCUT2D eigenvalue weighted by Gasteiger charge is 2.11. The van der Waals surface area contributed by atoms with Crippen LogP contribution < -0.4 is 5.73 Å². The van der Waals surface area contributed by atoms with Crippen LogP contribution in [0.3, 0.4) is 0 Å². The molecule has 100 valence electrons. The molecular formula is C15H14BrClFN. The lowest BCUT2D eigenvalue weighted by atomic mass is 9.98. The molecule has 19 heavy (non-hydrogen) atoms. The maximum absolute atomic E-state index is 13.7. The lowest BCUT2D eigenvalue weighted by Crippen LogP contribution is -2.14. The van der Waals surface area contributed by atoms with Crippen LogP contribution in [0.5, 0.6) is 0 Å². The third kappa shape index (κ3) is 3.56. The molecule has 0 saturated heterocycles. The van der Waals surface area contributed by atoms with Crippen molar-refractivity contribution in [2.45, 2.75) is 19.4 Å². The van der Waals surface area contributed by atoms with Crippen LogP contribution in [0.2, 0.25) is 5.02 Å². The summed E-state index contributed by atoms with van der Waals surface area (Å²) in [7, 11) is 0. The molecule has 0 aliphatic heterocycles. The number of benzene rings is 2. The number of rotatable bonds is 3. The summed E-state index contributed by atoms with van der Waals surface area (Å²) in [6.45, 7) is 1.93. The summed E-state index contributed by atoms with van der Waals surface area (Å²) >= 11 is 9.32. The first-order valence-electron chi connectivity index (χ1n) is 5.93. The quantitative estimate of drug-likeness (QED) is 0.852. The van der Waals surface area contributed by atoms with Gasteiger partial charge in [0.05, 0.1) is 0 Å². The molecule has 1 unspecified atom stereocenters. The predicted octanol–water partition coefficient (Wildman–Crippen LogP) is 4.79. The first kappa shape index (κ1) is 14.5. The summed E-state index contributed by atoms with van der Waals surface area (Å²) in [5.74, 6) is -0.232. The third-order valence-corrected chi connectivity index (χ3v) is 3.98.